The van der Waals surface area contributed by atoms with Gasteiger partial charge in [0.25, 0.3) is 0 Å². The SMILES string of the molecule is CCCNCC(CC(C)CCC)C1CCS(=O)(=O)C1. The third-order valence-corrected chi connectivity index (χ3v) is 6.05. The van der Waals surface area contributed by atoms with Crippen LogP contribution in [0.3, 0.4) is 0 Å². The van der Waals surface area contributed by atoms with Gasteiger partial charge in [0, 0.05) is 0 Å². The molecule has 1 fully saturated rings. The third kappa shape index (κ3) is 6.26. The van der Waals surface area contributed by atoms with Gasteiger partial charge in [0.05, 0.1) is 11.5 Å². The van der Waals surface area contributed by atoms with E-state index in [1.807, 2.05) is 0 Å². The van der Waals surface area contributed by atoms with E-state index in [-0.39, 0.29) is 0 Å². The molecule has 1 N–H and O–H groups in total. The maximum absolute atomic E-state index is 11.7. The summed E-state index contributed by atoms with van der Waals surface area (Å²) in [5.41, 5.74) is 0. The molecule has 0 aromatic heterocycles. The molecule has 1 aliphatic heterocycles. The monoisotopic (exact) mass is 289 g/mol. The van der Waals surface area contributed by atoms with Crippen molar-refractivity contribution in [3.63, 3.8) is 0 Å². The topological polar surface area (TPSA) is 46.2 Å². The van der Waals surface area contributed by atoms with Gasteiger partial charge in [-0.1, -0.05) is 33.6 Å². The zero-order valence-corrected chi connectivity index (χ0v) is 13.6. The second kappa shape index (κ2) is 8.25. The van der Waals surface area contributed by atoms with Crippen LogP contribution in [-0.4, -0.2) is 33.0 Å². The summed E-state index contributed by atoms with van der Waals surface area (Å²) in [4.78, 5) is 0. The normalized spacial score (nSPS) is 25.3. The van der Waals surface area contributed by atoms with E-state index >= 15 is 0 Å². The van der Waals surface area contributed by atoms with E-state index in [1.165, 1.54) is 19.3 Å². The largest absolute Gasteiger partial charge is 0.316 e. The first kappa shape index (κ1) is 17.0. The Balaban J connectivity index is 2.53. The van der Waals surface area contributed by atoms with Crippen molar-refractivity contribution in [2.75, 3.05) is 24.6 Å². The van der Waals surface area contributed by atoms with Crippen LogP contribution in [0.1, 0.15) is 52.9 Å². The van der Waals surface area contributed by atoms with Gasteiger partial charge in [-0.2, -0.15) is 0 Å². The molecule has 1 aliphatic rings. The summed E-state index contributed by atoms with van der Waals surface area (Å²) in [6, 6.07) is 0. The van der Waals surface area contributed by atoms with Gasteiger partial charge in [0.1, 0.15) is 0 Å². The van der Waals surface area contributed by atoms with Crippen LogP contribution < -0.4 is 5.32 Å². The molecule has 1 rings (SSSR count). The molecule has 3 unspecified atom stereocenters. The van der Waals surface area contributed by atoms with Gasteiger partial charge in [-0.25, -0.2) is 8.42 Å². The van der Waals surface area contributed by atoms with Crippen LogP contribution in [0.25, 0.3) is 0 Å². The maximum Gasteiger partial charge on any atom is 0.150 e. The average Bonchev–Trinajstić information content (AvgIpc) is 2.69. The number of sulfone groups is 1. The molecule has 0 aromatic carbocycles. The first-order valence-electron chi connectivity index (χ1n) is 7.89. The fourth-order valence-electron chi connectivity index (χ4n) is 3.23. The Bertz CT molecular complexity index is 340. The zero-order chi connectivity index (χ0) is 14.3. The van der Waals surface area contributed by atoms with Crippen molar-refractivity contribution in [1.29, 1.82) is 0 Å². The van der Waals surface area contributed by atoms with E-state index in [9.17, 15) is 8.42 Å². The number of rotatable bonds is 9. The lowest BCUT2D eigenvalue weighted by atomic mass is 9.83. The third-order valence-electron chi connectivity index (χ3n) is 4.25. The number of hydrogen-bond donors (Lipinski definition) is 1. The van der Waals surface area contributed by atoms with Crippen molar-refractivity contribution in [1.82, 2.24) is 5.32 Å². The Labute approximate surface area is 119 Å². The Morgan fingerprint density at radius 2 is 2.00 bits per heavy atom. The highest BCUT2D eigenvalue weighted by Gasteiger charge is 2.33. The fraction of sp³-hybridized carbons (Fsp3) is 1.00. The van der Waals surface area contributed by atoms with Gasteiger partial charge in [-0.15, -0.1) is 0 Å². The zero-order valence-electron chi connectivity index (χ0n) is 12.8. The van der Waals surface area contributed by atoms with E-state index < -0.39 is 9.84 Å². The van der Waals surface area contributed by atoms with E-state index in [0.717, 1.165) is 25.9 Å². The Morgan fingerprint density at radius 1 is 1.26 bits per heavy atom. The number of hydrogen-bond acceptors (Lipinski definition) is 3. The summed E-state index contributed by atoms with van der Waals surface area (Å²) < 4.78 is 23.3. The second-order valence-corrected chi connectivity index (χ2v) is 8.49. The van der Waals surface area contributed by atoms with E-state index in [4.69, 9.17) is 0 Å². The van der Waals surface area contributed by atoms with Crippen molar-refractivity contribution >= 4 is 9.84 Å². The molecule has 0 aromatic rings. The highest BCUT2D eigenvalue weighted by molar-refractivity contribution is 7.91. The molecule has 3 atom stereocenters. The standard InChI is InChI=1S/C15H31NO2S/c1-4-6-13(3)10-15(11-16-8-5-2)14-7-9-19(17,18)12-14/h13-16H,4-12H2,1-3H3. The van der Waals surface area contributed by atoms with Crippen molar-refractivity contribution in [3.05, 3.63) is 0 Å². The molecule has 0 spiro atoms. The molecule has 0 amide bonds. The van der Waals surface area contributed by atoms with Crippen LogP contribution in [0.5, 0.6) is 0 Å². The van der Waals surface area contributed by atoms with Gasteiger partial charge >= 0.3 is 0 Å². The molecule has 0 radical (unpaired) electrons. The van der Waals surface area contributed by atoms with Gasteiger partial charge in [-0.3, -0.25) is 0 Å². The molecule has 1 saturated heterocycles. The lowest BCUT2D eigenvalue weighted by Crippen LogP contribution is -2.30. The van der Waals surface area contributed by atoms with Crippen LogP contribution in [0, 0.1) is 17.8 Å². The Hall–Kier alpha value is -0.0900. The minimum Gasteiger partial charge on any atom is -0.316 e. The molecule has 0 aliphatic carbocycles. The molecular formula is C15H31NO2S. The van der Waals surface area contributed by atoms with Crippen LogP contribution in [-0.2, 0) is 9.84 Å². The molecule has 114 valence electrons. The second-order valence-electron chi connectivity index (χ2n) is 6.26. The summed E-state index contributed by atoms with van der Waals surface area (Å²) in [6.07, 6.45) is 5.66. The predicted molar refractivity (Wildman–Crippen MR) is 82.1 cm³/mol. The van der Waals surface area contributed by atoms with E-state index in [0.29, 0.717) is 29.3 Å². The van der Waals surface area contributed by atoms with Crippen LogP contribution in [0.4, 0.5) is 0 Å². The fourth-order valence-corrected chi connectivity index (χ4v) is 5.15. The lowest BCUT2D eigenvalue weighted by molar-refractivity contribution is 0.276. The molecule has 19 heavy (non-hydrogen) atoms. The first-order valence-corrected chi connectivity index (χ1v) is 9.71. The summed E-state index contributed by atoms with van der Waals surface area (Å²) in [5, 5.41) is 3.49. The molecular weight excluding hydrogens is 258 g/mol. The average molecular weight is 289 g/mol. The molecule has 4 heteroatoms. The summed E-state index contributed by atoms with van der Waals surface area (Å²) in [5.74, 6) is 2.45. The quantitative estimate of drug-likeness (QED) is 0.664. The van der Waals surface area contributed by atoms with Gasteiger partial charge in [-0.05, 0) is 50.1 Å². The van der Waals surface area contributed by atoms with Crippen LogP contribution in [0.15, 0.2) is 0 Å². The van der Waals surface area contributed by atoms with Gasteiger partial charge in [0.2, 0.25) is 0 Å². The summed E-state index contributed by atoms with van der Waals surface area (Å²) in [7, 11) is -2.75. The van der Waals surface area contributed by atoms with Crippen molar-refractivity contribution in [2.24, 2.45) is 17.8 Å². The Morgan fingerprint density at radius 3 is 2.53 bits per heavy atom. The minimum atomic E-state index is -2.75. The molecule has 0 saturated carbocycles. The highest BCUT2D eigenvalue weighted by atomic mass is 32.2. The van der Waals surface area contributed by atoms with Gasteiger partial charge in [0.15, 0.2) is 9.84 Å². The molecule has 0 bridgehead atoms. The maximum atomic E-state index is 11.7. The number of nitrogens with one attached hydrogen (secondary N) is 1. The van der Waals surface area contributed by atoms with Crippen molar-refractivity contribution < 1.29 is 8.42 Å². The lowest BCUT2D eigenvalue weighted by Gasteiger charge is -2.26. The molecule has 1 heterocycles. The minimum absolute atomic E-state index is 0.383. The van der Waals surface area contributed by atoms with Crippen LogP contribution in [0.2, 0.25) is 0 Å². The smallest absolute Gasteiger partial charge is 0.150 e. The van der Waals surface area contributed by atoms with Gasteiger partial charge < -0.3 is 5.32 Å². The molecule has 3 nitrogen and oxygen atoms in total. The van der Waals surface area contributed by atoms with Crippen molar-refractivity contribution in [2.45, 2.75) is 52.9 Å². The summed E-state index contributed by atoms with van der Waals surface area (Å²) >= 11 is 0. The Kier molecular flexibility index (Phi) is 7.37. The van der Waals surface area contributed by atoms with Crippen LogP contribution >= 0.6 is 0 Å². The predicted octanol–water partition coefficient (Wildman–Crippen LogP) is 2.86. The van der Waals surface area contributed by atoms with E-state index in [2.05, 4.69) is 26.1 Å². The van der Waals surface area contributed by atoms with E-state index in [1.54, 1.807) is 0 Å². The highest BCUT2D eigenvalue weighted by Crippen LogP contribution is 2.31. The summed E-state index contributed by atoms with van der Waals surface area (Å²) in [6.45, 7) is 8.72. The van der Waals surface area contributed by atoms with Crippen molar-refractivity contribution in [3.8, 4) is 0 Å². The first-order chi connectivity index (χ1) is 8.98.